The van der Waals surface area contributed by atoms with Crippen LogP contribution in [0.25, 0.3) is 0 Å². The Balaban J connectivity index is 1.76. The Morgan fingerprint density at radius 2 is 1.90 bits per heavy atom. The molecule has 1 heterocycles. The molecule has 1 aromatic heterocycles. The number of carbonyl (C=O) groups excluding carboxylic acids is 1. The van der Waals surface area contributed by atoms with Gasteiger partial charge in [-0.1, -0.05) is 12.1 Å². The molecule has 3 aromatic rings. The number of benzene rings is 2. The van der Waals surface area contributed by atoms with Gasteiger partial charge in [0.15, 0.2) is 11.6 Å². The van der Waals surface area contributed by atoms with Crippen molar-refractivity contribution >= 4 is 17.3 Å². The van der Waals surface area contributed by atoms with Crippen LogP contribution in [0.15, 0.2) is 65.6 Å². The topological polar surface area (TPSA) is 103 Å². The minimum absolute atomic E-state index is 0.0267. The van der Waals surface area contributed by atoms with E-state index in [9.17, 15) is 28.5 Å². The van der Waals surface area contributed by atoms with E-state index in [0.29, 0.717) is 5.56 Å². The van der Waals surface area contributed by atoms with Gasteiger partial charge < -0.3 is 10.2 Å². The van der Waals surface area contributed by atoms with Crippen molar-refractivity contribution < 1.29 is 23.3 Å². The highest BCUT2D eigenvalue weighted by Crippen LogP contribution is 2.14. The molecule has 0 aliphatic carbocycles. The standard InChI is InChI=1S/C19H13F2N3O5/c20-16-7-6-13(10-17(16)21)22-18(25)15-5-2-8-23(19(15)26)29-11-12-3-1-4-14(9-12)24(27)28/h1-10H,11H2,(H,22,25). The molecule has 0 saturated heterocycles. The molecule has 29 heavy (non-hydrogen) atoms. The third kappa shape index (κ3) is 4.61. The lowest BCUT2D eigenvalue weighted by molar-refractivity contribution is -0.384. The van der Waals surface area contributed by atoms with E-state index in [0.717, 1.165) is 22.9 Å². The summed E-state index contributed by atoms with van der Waals surface area (Å²) in [4.78, 5) is 40.3. The van der Waals surface area contributed by atoms with Crippen molar-refractivity contribution in [1.29, 1.82) is 0 Å². The fraction of sp³-hybridized carbons (Fsp3) is 0.0526. The highest BCUT2D eigenvalue weighted by Gasteiger charge is 2.14. The molecule has 148 valence electrons. The molecule has 1 amide bonds. The highest BCUT2D eigenvalue weighted by molar-refractivity contribution is 6.03. The molecule has 0 unspecified atom stereocenters. The first-order valence-electron chi connectivity index (χ1n) is 8.20. The van der Waals surface area contributed by atoms with Crippen LogP contribution < -0.4 is 15.7 Å². The number of anilines is 1. The van der Waals surface area contributed by atoms with Gasteiger partial charge in [0.05, 0.1) is 4.92 Å². The van der Waals surface area contributed by atoms with Crippen molar-refractivity contribution in [3.8, 4) is 0 Å². The molecule has 1 N–H and O–H groups in total. The number of nitrogens with one attached hydrogen (secondary N) is 1. The van der Waals surface area contributed by atoms with Crippen molar-refractivity contribution in [3.05, 3.63) is 104 Å². The van der Waals surface area contributed by atoms with E-state index in [2.05, 4.69) is 5.32 Å². The summed E-state index contributed by atoms with van der Waals surface area (Å²) < 4.78 is 27.0. The number of rotatable bonds is 6. The van der Waals surface area contributed by atoms with Crippen LogP contribution in [-0.2, 0) is 6.61 Å². The number of amides is 1. The van der Waals surface area contributed by atoms with Crippen molar-refractivity contribution in [2.45, 2.75) is 6.61 Å². The first kappa shape index (κ1) is 19.7. The third-order valence-corrected chi connectivity index (χ3v) is 3.83. The zero-order valence-corrected chi connectivity index (χ0v) is 14.7. The maximum absolute atomic E-state index is 13.3. The Bertz CT molecular complexity index is 1150. The second-order valence-corrected chi connectivity index (χ2v) is 5.84. The van der Waals surface area contributed by atoms with Crippen LogP contribution >= 0.6 is 0 Å². The number of non-ortho nitro benzene ring substituents is 1. The van der Waals surface area contributed by atoms with Gasteiger partial charge in [-0.25, -0.2) is 8.78 Å². The number of pyridine rings is 1. The van der Waals surface area contributed by atoms with Crippen LogP contribution in [0.3, 0.4) is 0 Å². The number of hydrogen-bond acceptors (Lipinski definition) is 5. The maximum Gasteiger partial charge on any atom is 0.295 e. The summed E-state index contributed by atoms with van der Waals surface area (Å²) in [5, 5.41) is 13.1. The number of nitro groups is 1. The maximum atomic E-state index is 13.3. The number of aromatic nitrogens is 1. The number of carbonyl (C=O) groups is 1. The van der Waals surface area contributed by atoms with Crippen molar-refractivity contribution in [1.82, 2.24) is 4.73 Å². The van der Waals surface area contributed by atoms with Crippen LogP contribution in [0.4, 0.5) is 20.2 Å². The quantitative estimate of drug-likeness (QED) is 0.505. The summed E-state index contributed by atoms with van der Waals surface area (Å²) in [5.74, 6) is -3.05. The van der Waals surface area contributed by atoms with Gasteiger partial charge in [-0.2, -0.15) is 4.73 Å². The lowest BCUT2D eigenvalue weighted by Crippen LogP contribution is -2.32. The minimum atomic E-state index is -1.14. The van der Waals surface area contributed by atoms with E-state index in [-0.39, 0.29) is 23.5 Å². The number of halogens is 2. The summed E-state index contributed by atoms with van der Waals surface area (Å²) >= 11 is 0. The molecule has 0 radical (unpaired) electrons. The van der Waals surface area contributed by atoms with Crippen LogP contribution in [0.5, 0.6) is 0 Å². The fourth-order valence-corrected chi connectivity index (χ4v) is 2.43. The zero-order valence-electron chi connectivity index (χ0n) is 14.7. The van der Waals surface area contributed by atoms with Gasteiger partial charge in [0.2, 0.25) is 0 Å². The average Bonchev–Trinajstić information content (AvgIpc) is 2.70. The van der Waals surface area contributed by atoms with Crippen molar-refractivity contribution in [2.24, 2.45) is 0 Å². The van der Waals surface area contributed by atoms with E-state index >= 15 is 0 Å². The van der Waals surface area contributed by atoms with E-state index in [1.54, 1.807) is 6.07 Å². The number of nitrogens with zero attached hydrogens (tertiary/aromatic N) is 2. The van der Waals surface area contributed by atoms with Crippen molar-refractivity contribution in [3.63, 3.8) is 0 Å². The van der Waals surface area contributed by atoms with Gasteiger partial charge in [-0.3, -0.25) is 19.7 Å². The molecule has 0 aliphatic heterocycles. The lowest BCUT2D eigenvalue weighted by atomic mass is 10.2. The molecule has 3 rings (SSSR count). The Morgan fingerprint density at radius 3 is 2.62 bits per heavy atom. The molecule has 0 fully saturated rings. The lowest BCUT2D eigenvalue weighted by Gasteiger charge is -2.10. The summed E-state index contributed by atoms with van der Waals surface area (Å²) in [6, 6.07) is 11.1. The smallest absolute Gasteiger partial charge is 0.295 e. The number of nitro benzene ring substituents is 1. The molecule has 0 spiro atoms. The minimum Gasteiger partial charge on any atom is -0.406 e. The largest absolute Gasteiger partial charge is 0.406 e. The molecule has 2 aromatic carbocycles. The average molecular weight is 401 g/mol. The number of hydrogen-bond donors (Lipinski definition) is 1. The Labute approximate surface area is 162 Å². The SMILES string of the molecule is O=C(Nc1ccc(F)c(F)c1)c1cccn(OCc2cccc([N+](=O)[O-])c2)c1=O. The van der Waals surface area contributed by atoms with Gasteiger partial charge in [0, 0.05) is 30.1 Å². The third-order valence-electron chi connectivity index (χ3n) is 3.83. The Hall–Kier alpha value is -4.08. The molecule has 0 saturated carbocycles. The molecular weight excluding hydrogens is 388 g/mol. The molecule has 10 heteroatoms. The van der Waals surface area contributed by atoms with E-state index < -0.39 is 28.0 Å². The van der Waals surface area contributed by atoms with Gasteiger partial charge in [-0.05, 0) is 29.8 Å². The first-order valence-corrected chi connectivity index (χ1v) is 8.20. The molecular formula is C19H13F2N3O5. The zero-order chi connectivity index (χ0) is 21.0. The van der Waals surface area contributed by atoms with Crippen LogP contribution in [0.1, 0.15) is 15.9 Å². The summed E-state index contributed by atoms with van der Waals surface area (Å²) in [7, 11) is 0. The molecule has 0 atom stereocenters. The van der Waals surface area contributed by atoms with E-state index in [1.807, 2.05) is 0 Å². The first-order chi connectivity index (χ1) is 13.8. The predicted molar refractivity (Wildman–Crippen MR) is 98.4 cm³/mol. The summed E-state index contributed by atoms with van der Waals surface area (Å²) in [5.41, 5.74) is -0.795. The normalized spacial score (nSPS) is 10.4. The molecule has 0 bridgehead atoms. The Morgan fingerprint density at radius 1 is 1.10 bits per heavy atom. The molecule has 0 aliphatic rings. The van der Waals surface area contributed by atoms with Crippen LogP contribution in [-0.4, -0.2) is 15.6 Å². The fourth-order valence-electron chi connectivity index (χ4n) is 2.43. The van der Waals surface area contributed by atoms with Gasteiger partial charge >= 0.3 is 0 Å². The van der Waals surface area contributed by atoms with Gasteiger partial charge in [0.1, 0.15) is 12.2 Å². The summed E-state index contributed by atoms with van der Waals surface area (Å²) in [6.45, 7) is -0.157. The molecule has 8 nitrogen and oxygen atoms in total. The Kier molecular flexibility index (Phi) is 5.63. The monoisotopic (exact) mass is 401 g/mol. The second-order valence-electron chi connectivity index (χ2n) is 5.84. The van der Waals surface area contributed by atoms with Crippen LogP contribution in [0, 0.1) is 21.7 Å². The van der Waals surface area contributed by atoms with Gasteiger partial charge in [-0.15, -0.1) is 0 Å². The van der Waals surface area contributed by atoms with E-state index in [1.165, 1.54) is 36.5 Å². The predicted octanol–water partition coefficient (Wildman–Crippen LogP) is 2.92. The van der Waals surface area contributed by atoms with Gasteiger partial charge in [0.25, 0.3) is 17.2 Å². The second kappa shape index (κ2) is 8.30. The van der Waals surface area contributed by atoms with Crippen LogP contribution in [0.2, 0.25) is 0 Å². The highest BCUT2D eigenvalue weighted by atomic mass is 19.2. The van der Waals surface area contributed by atoms with Crippen molar-refractivity contribution in [2.75, 3.05) is 5.32 Å². The van der Waals surface area contributed by atoms with E-state index in [4.69, 9.17) is 4.84 Å². The summed E-state index contributed by atoms with van der Waals surface area (Å²) in [6.07, 6.45) is 1.27.